The van der Waals surface area contributed by atoms with Crippen LogP contribution in [0.1, 0.15) is 39.5 Å². The van der Waals surface area contributed by atoms with Crippen molar-refractivity contribution in [2.45, 2.75) is 45.6 Å². The van der Waals surface area contributed by atoms with Crippen molar-refractivity contribution in [2.75, 3.05) is 6.61 Å². The lowest BCUT2D eigenvalue weighted by molar-refractivity contribution is -0.149. The summed E-state index contributed by atoms with van der Waals surface area (Å²) in [6.45, 7) is 4.08. The van der Waals surface area contributed by atoms with Crippen LogP contribution >= 0.6 is 0 Å². The Hall–Kier alpha value is -1.50. The van der Waals surface area contributed by atoms with Gasteiger partial charge in [-0.2, -0.15) is 0 Å². The molecule has 0 aromatic heterocycles. The van der Waals surface area contributed by atoms with Crippen LogP contribution in [0, 0.1) is 17.8 Å². The summed E-state index contributed by atoms with van der Waals surface area (Å²) in [6.07, 6.45) is 2.77. The van der Waals surface area contributed by atoms with Crippen LogP contribution in [0.25, 0.3) is 0 Å². The summed E-state index contributed by atoms with van der Waals surface area (Å²) in [4.78, 5) is 22.8. The van der Waals surface area contributed by atoms with Gasteiger partial charge in [-0.3, -0.25) is 4.79 Å². The molecule has 94 valence electrons. The molecule has 4 nitrogen and oxygen atoms in total. The summed E-state index contributed by atoms with van der Waals surface area (Å²) < 4.78 is 5.18. The van der Waals surface area contributed by atoms with Crippen molar-refractivity contribution in [3.63, 3.8) is 0 Å². The number of nitrogens with one attached hydrogen (secondary N) is 1. The molecule has 0 bridgehead atoms. The minimum atomic E-state index is -0.469. The smallest absolute Gasteiger partial charge is 0.328 e. The molecule has 1 saturated heterocycles. The van der Waals surface area contributed by atoms with Gasteiger partial charge in [-0.25, -0.2) is 4.79 Å². The summed E-state index contributed by atoms with van der Waals surface area (Å²) in [5.41, 5.74) is 0. The fourth-order valence-corrected chi connectivity index (χ4v) is 1.73. The third kappa shape index (κ3) is 4.48. The molecule has 1 N–H and O–H groups in total. The summed E-state index contributed by atoms with van der Waals surface area (Å²) in [6, 6.07) is -0.469. The van der Waals surface area contributed by atoms with Gasteiger partial charge in [0.1, 0.15) is 12.6 Å². The third-order valence-corrected chi connectivity index (χ3v) is 2.78. The Morgan fingerprint density at radius 3 is 3.00 bits per heavy atom. The van der Waals surface area contributed by atoms with Gasteiger partial charge in [-0.1, -0.05) is 12.8 Å². The first-order chi connectivity index (χ1) is 8.17. The van der Waals surface area contributed by atoms with E-state index in [4.69, 9.17) is 4.74 Å². The summed E-state index contributed by atoms with van der Waals surface area (Å²) >= 11 is 0. The maximum Gasteiger partial charge on any atom is 0.328 e. The van der Waals surface area contributed by atoms with E-state index in [9.17, 15) is 9.59 Å². The van der Waals surface area contributed by atoms with Crippen molar-refractivity contribution in [1.82, 2.24) is 5.32 Å². The molecule has 0 saturated carbocycles. The number of carbonyl (C=O) groups excluding carboxylic acids is 2. The zero-order valence-corrected chi connectivity index (χ0v) is 10.4. The van der Waals surface area contributed by atoms with Crippen LogP contribution in [0.15, 0.2) is 0 Å². The fraction of sp³-hybridized carbons (Fsp3) is 0.692. The summed E-state index contributed by atoms with van der Waals surface area (Å²) in [5, 5.41) is 2.64. The highest BCUT2D eigenvalue weighted by Crippen LogP contribution is 2.10. The monoisotopic (exact) mass is 237 g/mol. The lowest BCUT2D eigenvalue weighted by Gasteiger charge is -2.22. The fourth-order valence-electron chi connectivity index (χ4n) is 1.73. The number of carbonyl (C=O) groups is 2. The van der Waals surface area contributed by atoms with E-state index >= 15 is 0 Å². The van der Waals surface area contributed by atoms with E-state index in [0.29, 0.717) is 19.4 Å². The van der Waals surface area contributed by atoms with Crippen LogP contribution in [0.3, 0.4) is 0 Å². The number of rotatable bonds is 4. The number of piperidine rings is 1. The lowest BCUT2D eigenvalue weighted by Crippen LogP contribution is -2.45. The second-order valence-corrected chi connectivity index (χ2v) is 4.14. The molecular formula is C13H19NO3. The zero-order valence-electron chi connectivity index (χ0n) is 10.4. The Morgan fingerprint density at radius 2 is 2.41 bits per heavy atom. The van der Waals surface area contributed by atoms with E-state index in [2.05, 4.69) is 17.2 Å². The van der Waals surface area contributed by atoms with Gasteiger partial charge in [-0.15, -0.1) is 5.92 Å². The topological polar surface area (TPSA) is 55.4 Å². The van der Waals surface area contributed by atoms with Crippen LogP contribution in [0.5, 0.6) is 0 Å². The number of hydrogen-bond acceptors (Lipinski definition) is 3. The van der Waals surface area contributed by atoms with Crippen molar-refractivity contribution in [2.24, 2.45) is 5.92 Å². The minimum absolute atomic E-state index is 0.0707. The molecule has 1 amide bonds. The van der Waals surface area contributed by atoms with Crippen molar-refractivity contribution in [3.8, 4) is 11.8 Å². The van der Waals surface area contributed by atoms with Crippen LogP contribution in [0.2, 0.25) is 0 Å². The number of ether oxygens (including phenoxy) is 1. The highest BCUT2D eigenvalue weighted by atomic mass is 16.5. The van der Waals surface area contributed by atoms with Crippen molar-refractivity contribution >= 4 is 11.9 Å². The Balaban J connectivity index is 2.37. The van der Waals surface area contributed by atoms with Crippen LogP contribution in [0.4, 0.5) is 0 Å². The summed E-state index contributed by atoms with van der Waals surface area (Å²) in [5.74, 6) is 5.48. The number of hydrogen-bond donors (Lipinski definition) is 1. The van der Waals surface area contributed by atoms with Gasteiger partial charge in [-0.05, 0) is 26.2 Å². The Labute approximate surface area is 102 Å². The van der Waals surface area contributed by atoms with E-state index < -0.39 is 6.04 Å². The molecule has 1 rings (SSSR count). The molecular weight excluding hydrogens is 218 g/mol. The molecule has 2 atom stereocenters. The molecule has 0 spiro atoms. The molecule has 1 aliphatic heterocycles. The molecule has 4 heteroatoms. The molecule has 0 aliphatic carbocycles. The van der Waals surface area contributed by atoms with Crippen LogP contribution < -0.4 is 5.32 Å². The lowest BCUT2D eigenvalue weighted by atomic mass is 10.0. The van der Waals surface area contributed by atoms with Gasteiger partial charge in [0.25, 0.3) is 0 Å². The number of amides is 1. The van der Waals surface area contributed by atoms with Crippen molar-refractivity contribution in [3.05, 3.63) is 0 Å². The largest absolute Gasteiger partial charge is 0.463 e. The van der Waals surface area contributed by atoms with Gasteiger partial charge in [0.15, 0.2) is 0 Å². The number of esters is 1. The average molecular weight is 237 g/mol. The molecule has 1 fully saturated rings. The van der Waals surface area contributed by atoms with E-state index in [1.165, 1.54) is 0 Å². The van der Waals surface area contributed by atoms with Gasteiger partial charge in [0, 0.05) is 6.42 Å². The first-order valence-corrected chi connectivity index (χ1v) is 6.05. The van der Waals surface area contributed by atoms with Gasteiger partial charge in [0.05, 0.1) is 5.92 Å². The highest BCUT2D eigenvalue weighted by molar-refractivity contribution is 5.85. The maximum atomic E-state index is 11.7. The predicted molar refractivity (Wildman–Crippen MR) is 64.0 cm³/mol. The van der Waals surface area contributed by atoms with E-state index in [1.54, 1.807) is 6.92 Å². The quantitative estimate of drug-likeness (QED) is 0.591. The van der Waals surface area contributed by atoms with E-state index in [0.717, 1.165) is 12.8 Å². The van der Waals surface area contributed by atoms with Gasteiger partial charge >= 0.3 is 5.97 Å². The highest BCUT2D eigenvalue weighted by Gasteiger charge is 2.26. The summed E-state index contributed by atoms with van der Waals surface area (Å²) in [7, 11) is 0. The molecule has 2 unspecified atom stereocenters. The normalized spacial score (nSPS) is 20.8. The zero-order chi connectivity index (χ0) is 12.7. The van der Waals surface area contributed by atoms with E-state index in [1.807, 2.05) is 6.92 Å². The molecule has 0 radical (unpaired) electrons. The average Bonchev–Trinajstić information content (AvgIpc) is 2.34. The second kappa shape index (κ2) is 6.95. The Bertz CT molecular complexity index is 340. The first kappa shape index (κ1) is 13.6. The standard InChI is InChI=1S/C13H19NO3/c1-3-6-10(4-2)9-17-13(16)11-7-5-8-12(15)14-11/h10-11H,4-5,7-9H2,1-2H3,(H,14,15). The molecule has 17 heavy (non-hydrogen) atoms. The van der Waals surface area contributed by atoms with E-state index in [-0.39, 0.29) is 17.8 Å². The SMILES string of the molecule is CC#CC(CC)COC(=O)C1CCCC(=O)N1. The third-order valence-electron chi connectivity index (χ3n) is 2.78. The maximum absolute atomic E-state index is 11.7. The predicted octanol–water partition coefficient (Wildman–Crippen LogP) is 1.25. The minimum Gasteiger partial charge on any atom is -0.463 e. The Kier molecular flexibility index (Phi) is 5.55. The van der Waals surface area contributed by atoms with Crippen molar-refractivity contribution in [1.29, 1.82) is 0 Å². The van der Waals surface area contributed by atoms with Crippen LogP contribution in [-0.2, 0) is 14.3 Å². The van der Waals surface area contributed by atoms with Gasteiger partial charge < -0.3 is 10.1 Å². The Morgan fingerprint density at radius 1 is 1.65 bits per heavy atom. The van der Waals surface area contributed by atoms with Gasteiger partial charge in [0.2, 0.25) is 5.91 Å². The molecule has 0 aromatic rings. The first-order valence-electron chi connectivity index (χ1n) is 6.05. The molecule has 1 aliphatic rings. The second-order valence-electron chi connectivity index (χ2n) is 4.14. The van der Waals surface area contributed by atoms with Crippen LogP contribution in [-0.4, -0.2) is 24.5 Å². The molecule has 1 heterocycles. The molecule has 0 aromatic carbocycles. The van der Waals surface area contributed by atoms with Crippen molar-refractivity contribution < 1.29 is 14.3 Å².